The summed E-state index contributed by atoms with van der Waals surface area (Å²) in [6.45, 7) is 11.9. The van der Waals surface area contributed by atoms with E-state index in [0.717, 1.165) is 37.0 Å². The molecule has 2 aliphatic carbocycles. The van der Waals surface area contributed by atoms with Gasteiger partial charge >= 0.3 is 5.97 Å². The molecule has 1 heterocycles. The lowest BCUT2D eigenvalue weighted by Gasteiger charge is -2.36. The minimum Gasteiger partial charge on any atom is -0.465 e. The lowest BCUT2D eigenvalue weighted by molar-refractivity contribution is -0.152. The van der Waals surface area contributed by atoms with Crippen molar-refractivity contribution in [3.63, 3.8) is 0 Å². The Morgan fingerprint density at radius 3 is 1.96 bits per heavy atom. The highest BCUT2D eigenvalue weighted by atomic mass is 16.5. The Labute approximate surface area is 161 Å². The number of esters is 1. The van der Waals surface area contributed by atoms with E-state index in [2.05, 4.69) is 39.9 Å². The SMILES string of the molecule is CC1CCC(C2CCC(C(=O)OCC3CC(C)(C)NC3(C)C)CC2)CC1. The second-order valence-electron chi connectivity index (χ2n) is 10.9. The molecule has 3 aliphatic rings. The van der Waals surface area contributed by atoms with Crippen LogP contribution in [0.3, 0.4) is 0 Å². The quantitative estimate of drug-likeness (QED) is 0.686. The Bertz CT molecular complexity index is 482. The maximum Gasteiger partial charge on any atom is 0.308 e. The number of rotatable bonds is 4. The predicted molar refractivity (Wildman–Crippen MR) is 107 cm³/mol. The molecule has 0 aromatic carbocycles. The minimum absolute atomic E-state index is 0.0412. The summed E-state index contributed by atoms with van der Waals surface area (Å²) in [5.41, 5.74) is 0.176. The fourth-order valence-corrected chi connectivity index (χ4v) is 6.05. The average molecular weight is 364 g/mol. The Balaban J connectivity index is 1.41. The molecule has 1 N–H and O–H groups in total. The summed E-state index contributed by atoms with van der Waals surface area (Å²) in [6.07, 6.45) is 11.3. The third-order valence-corrected chi connectivity index (χ3v) is 7.70. The van der Waals surface area contributed by atoms with Crippen LogP contribution in [0.25, 0.3) is 0 Å². The van der Waals surface area contributed by atoms with Gasteiger partial charge in [-0.2, -0.15) is 0 Å². The molecule has 1 saturated heterocycles. The van der Waals surface area contributed by atoms with Crippen molar-refractivity contribution in [1.29, 1.82) is 0 Å². The van der Waals surface area contributed by atoms with E-state index in [1.54, 1.807) is 0 Å². The van der Waals surface area contributed by atoms with Crippen LogP contribution >= 0.6 is 0 Å². The highest BCUT2D eigenvalue weighted by Crippen LogP contribution is 2.42. The van der Waals surface area contributed by atoms with Crippen molar-refractivity contribution in [3.05, 3.63) is 0 Å². The van der Waals surface area contributed by atoms with Crippen molar-refractivity contribution in [1.82, 2.24) is 5.32 Å². The van der Waals surface area contributed by atoms with Gasteiger partial charge in [0.2, 0.25) is 0 Å². The molecule has 26 heavy (non-hydrogen) atoms. The first-order valence-electron chi connectivity index (χ1n) is 11.1. The molecule has 2 saturated carbocycles. The summed E-state index contributed by atoms with van der Waals surface area (Å²) in [7, 11) is 0. The Kier molecular flexibility index (Phi) is 6.06. The fourth-order valence-electron chi connectivity index (χ4n) is 6.05. The van der Waals surface area contributed by atoms with Gasteiger partial charge in [0.05, 0.1) is 12.5 Å². The maximum atomic E-state index is 12.6. The molecular formula is C23H41NO2. The number of carbonyl (C=O) groups excluding carboxylic acids is 1. The summed E-state index contributed by atoms with van der Waals surface area (Å²) in [5, 5.41) is 3.68. The van der Waals surface area contributed by atoms with Gasteiger partial charge in [0.1, 0.15) is 0 Å². The topological polar surface area (TPSA) is 38.3 Å². The van der Waals surface area contributed by atoms with Gasteiger partial charge in [0.25, 0.3) is 0 Å². The first-order valence-corrected chi connectivity index (χ1v) is 11.1. The van der Waals surface area contributed by atoms with E-state index in [9.17, 15) is 4.79 Å². The monoisotopic (exact) mass is 363 g/mol. The van der Waals surface area contributed by atoms with Gasteiger partial charge in [0.15, 0.2) is 0 Å². The molecule has 1 aliphatic heterocycles. The van der Waals surface area contributed by atoms with Gasteiger partial charge in [-0.05, 0) is 90.4 Å². The second kappa shape index (κ2) is 7.81. The van der Waals surface area contributed by atoms with Crippen LogP contribution in [0, 0.1) is 29.6 Å². The van der Waals surface area contributed by atoms with Crippen LogP contribution in [0.2, 0.25) is 0 Å². The third-order valence-electron chi connectivity index (χ3n) is 7.70. The van der Waals surface area contributed by atoms with Crippen LogP contribution in [-0.2, 0) is 9.53 Å². The molecule has 1 unspecified atom stereocenters. The second-order valence-corrected chi connectivity index (χ2v) is 10.9. The minimum atomic E-state index is 0.0412. The van der Waals surface area contributed by atoms with Crippen LogP contribution in [-0.4, -0.2) is 23.7 Å². The summed E-state index contributed by atoms with van der Waals surface area (Å²) in [6, 6.07) is 0. The zero-order valence-electron chi connectivity index (χ0n) is 17.8. The molecular weight excluding hydrogens is 322 g/mol. The summed E-state index contributed by atoms with van der Waals surface area (Å²) in [5.74, 6) is 3.35. The average Bonchev–Trinajstić information content (AvgIpc) is 2.80. The van der Waals surface area contributed by atoms with Crippen molar-refractivity contribution < 1.29 is 9.53 Å². The number of hydrogen-bond donors (Lipinski definition) is 1. The van der Waals surface area contributed by atoms with E-state index in [4.69, 9.17) is 4.74 Å². The predicted octanol–water partition coefficient (Wildman–Crippen LogP) is 5.33. The number of carbonyl (C=O) groups is 1. The molecule has 3 fully saturated rings. The fraction of sp³-hybridized carbons (Fsp3) is 0.957. The lowest BCUT2D eigenvalue weighted by Crippen LogP contribution is -2.46. The molecule has 0 bridgehead atoms. The van der Waals surface area contributed by atoms with Gasteiger partial charge in [-0.3, -0.25) is 4.79 Å². The first kappa shape index (κ1) is 20.2. The Morgan fingerprint density at radius 1 is 0.923 bits per heavy atom. The normalized spacial score (nSPS) is 39.5. The molecule has 3 rings (SSSR count). The molecule has 0 aromatic rings. The molecule has 0 aromatic heterocycles. The van der Waals surface area contributed by atoms with Gasteiger partial charge in [-0.25, -0.2) is 0 Å². The molecule has 0 radical (unpaired) electrons. The van der Waals surface area contributed by atoms with Crippen LogP contribution in [0.15, 0.2) is 0 Å². The van der Waals surface area contributed by atoms with Gasteiger partial charge < -0.3 is 10.1 Å². The van der Waals surface area contributed by atoms with Crippen molar-refractivity contribution in [2.24, 2.45) is 29.6 Å². The van der Waals surface area contributed by atoms with Crippen molar-refractivity contribution in [2.45, 2.75) is 103 Å². The van der Waals surface area contributed by atoms with E-state index < -0.39 is 0 Å². The standard InChI is InChI=1S/C23H41NO2/c1-16-6-8-17(9-7-16)18-10-12-19(13-11-18)21(25)26-15-20-14-22(2,3)24-23(20,4)5/h16-20,24H,6-15H2,1-5H3. The largest absolute Gasteiger partial charge is 0.465 e. The Hall–Kier alpha value is -0.570. The van der Waals surface area contributed by atoms with E-state index in [1.807, 2.05) is 0 Å². The van der Waals surface area contributed by atoms with Gasteiger partial charge in [-0.15, -0.1) is 0 Å². The van der Waals surface area contributed by atoms with Crippen molar-refractivity contribution >= 4 is 5.97 Å². The first-order chi connectivity index (χ1) is 12.2. The smallest absolute Gasteiger partial charge is 0.308 e. The Morgan fingerprint density at radius 2 is 1.46 bits per heavy atom. The van der Waals surface area contributed by atoms with Gasteiger partial charge in [-0.1, -0.05) is 19.8 Å². The van der Waals surface area contributed by atoms with Crippen LogP contribution in [0.4, 0.5) is 0 Å². The van der Waals surface area contributed by atoms with Crippen molar-refractivity contribution in [2.75, 3.05) is 6.61 Å². The maximum absolute atomic E-state index is 12.6. The summed E-state index contributed by atoms with van der Waals surface area (Å²) >= 11 is 0. The molecule has 0 amide bonds. The van der Waals surface area contributed by atoms with E-state index in [1.165, 1.54) is 38.5 Å². The zero-order chi connectivity index (χ0) is 18.9. The van der Waals surface area contributed by atoms with E-state index in [-0.39, 0.29) is 23.0 Å². The molecule has 1 atom stereocenters. The summed E-state index contributed by atoms with van der Waals surface area (Å²) in [4.78, 5) is 12.6. The third kappa shape index (κ3) is 4.82. The van der Waals surface area contributed by atoms with Crippen LogP contribution in [0.5, 0.6) is 0 Å². The molecule has 3 heteroatoms. The lowest BCUT2D eigenvalue weighted by atomic mass is 9.69. The number of hydrogen-bond acceptors (Lipinski definition) is 3. The van der Waals surface area contributed by atoms with E-state index >= 15 is 0 Å². The van der Waals surface area contributed by atoms with E-state index in [0.29, 0.717) is 12.5 Å². The highest BCUT2D eigenvalue weighted by molar-refractivity contribution is 5.72. The van der Waals surface area contributed by atoms with Gasteiger partial charge in [0, 0.05) is 17.0 Å². The zero-order valence-corrected chi connectivity index (χ0v) is 17.8. The number of nitrogens with one attached hydrogen (secondary N) is 1. The van der Waals surface area contributed by atoms with Crippen molar-refractivity contribution in [3.8, 4) is 0 Å². The van der Waals surface area contributed by atoms with Crippen LogP contribution in [0.1, 0.15) is 92.4 Å². The summed E-state index contributed by atoms with van der Waals surface area (Å²) < 4.78 is 5.81. The molecule has 3 nitrogen and oxygen atoms in total. The highest BCUT2D eigenvalue weighted by Gasteiger charge is 2.44. The molecule has 0 spiro atoms. The molecule has 150 valence electrons. The number of ether oxygens (including phenoxy) is 1. The van der Waals surface area contributed by atoms with Crippen LogP contribution < -0.4 is 5.32 Å².